The van der Waals surface area contributed by atoms with E-state index in [0.29, 0.717) is 24.3 Å². The van der Waals surface area contributed by atoms with Gasteiger partial charge >= 0.3 is 6.03 Å². The molecule has 2 fully saturated rings. The van der Waals surface area contributed by atoms with Crippen LogP contribution in [0.1, 0.15) is 35.4 Å². The molecule has 0 saturated carbocycles. The summed E-state index contributed by atoms with van der Waals surface area (Å²) in [4.78, 5) is 17.4. The fraction of sp³-hybridized carbons (Fsp3) is 0.323. The van der Waals surface area contributed by atoms with Gasteiger partial charge in [0.1, 0.15) is 5.75 Å². The van der Waals surface area contributed by atoms with E-state index in [-0.39, 0.29) is 30.6 Å². The maximum absolute atomic E-state index is 13.5. The fourth-order valence-electron chi connectivity index (χ4n) is 5.51. The number of fused-ring (bicyclic) bond motifs is 1. The lowest BCUT2D eigenvalue weighted by molar-refractivity contribution is -0.0585. The van der Waals surface area contributed by atoms with Crippen molar-refractivity contribution < 1.29 is 23.4 Å². The molecule has 0 spiro atoms. The topological polar surface area (TPSA) is 65.0 Å². The summed E-state index contributed by atoms with van der Waals surface area (Å²) in [6, 6.07) is 18.6. The summed E-state index contributed by atoms with van der Waals surface area (Å²) in [5, 5.41) is 13.2. The van der Waals surface area contributed by atoms with Gasteiger partial charge in [0, 0.05) is 47.9 Å². The molecule has 3 aromatic rings. The number of anilines is 1. The molecule has 3 atom stereocenters. The van der Waals surface area contributed by atoms with Gasteiger partial charge in [-0.2, -0.15) is 0 Å². The number of carbonyl (C=O) groups excluding carboxylic acids is 1. The molecule has 2 aliphatic heterocycles. The maximum Gasteiger partial charge on any atom is 0.321 e. The minimum Gasteiger partial charge on any atom is -0.497 e. The van der Waals surface area contributed by atoms with Crippen molar-refractivity contribution in [2.24, 2.45) is 0 Å². The lowest BCUT2D eigenvalue weighted by Crippen LogP contribution is -2.68. The Kier molecular flexibility index (Phi) is 8.10. The van der Waals surface area contributed by atoms with Crippen LogP contribution in [0.25, 0.3) is 0 Å². The number of carbonyl (C=O) groups is 1. The van der Waals surface area contributed by atoms with Crippen LogP contribution in [0.2, 0.25) is 0 Å². The Morgan fingerprint density at radius 3 is 2.36 bits per heavy atom. The van der Waals surface area contributed by atoms with E-state index in [2.05, 4.69) is 22.1 Å². The minimum absolute atomic E-state index is 0.0151. The minimum atomic E-state index is -0.923. The molecule has 39 heavy (non-hydrogen) atoms. The van der Waals surface area contributed by atoms with Gasteiger partial charge in [0.2, 0.25) is 0 Å². The number of nitrogens with zero attached hydrogens (tertiary/aromatic N) is 2. The average Bonchev–Trinajstić information content (AvgIpc) is 2.94. The third-order valence-corrected chi connectivity index (χ3v) is 7.56. The second kappa shape index (κ2) is 11.9. The molecule has 3 unspecified atom stereocenters. The summed E-state index contributed by atoms with van der Waals surface area (Å²) in [6.45, 7) is 2.15. The number of urea groups is 1. The van der Waals surface area contributed by atoms with E-state index in [0.717, 1.165) is 48.4 Å². The summed E-state index contributed by atoms with van der Waals surface area (Å²) >= 11 is 0. The largest absolute Gasteiger partial charge is 0.497 e. The lowest BCUT2D eigenvalue weighted by atomic mass is 9.74. The number of halogens is 2. The van der Waals surface area contributed by atoms with Crippen LogP contribution < -0.4 is 10.1 Å². The average molecular weight is 532 g/mol. The number of rotatable bonds is 4. The molecule has 8 heteroatoms. The van der Waals surface area contributed by atoms with Gasteiger partial charge in [-0.05, 0) is 79.5 Å². The van der Waals surface area contributed by atoms with Gasteiger partial charge in [0.05, 0.1) is 13.7 Å². The number of hydrogen-bond donors (Lipinski definition) is 2. The summed E-state index contributed by atoms with van der Waals surface area (Å²) in [5.74, 6) is 4.83. The summed E-state index contributed by atoms with van der Waals surface area (Å²) in [6.07, 6.45) is 1.85. The van der Waals surface area contributed by atoms with Gasteiger partial charge in [0.15, 0.2) is 11.6 Å². The highest BCUT2D eigenvalue weighted by atomic mass is 19.2. The van der Waals surface area contributed by atoms with Crippen molar-refractivity contribution >= 4 is 11.7 Å². The predicted molar refractivity (Wildman–Crippen MR) is 146 cm³/mol. The van der Waals surface area contributed by atoms with E-state index in [4.69, 9.17) is 4.74 Å². The zero-order valence-corrected chi connectivity index (χ0v) is 21.7. The van der Waals surface area contributed by atoms with E-state index >= 15 is 0 Å². The van der Waals surface area contributed by atoms with Crippen molar-refractivity contribution in [3.05, 3.63) is 95.1 Å². The van der Waals surface area contributed by atoms with Crippen molar-refractivity contribution in [3.63, 3.8) is 0 Å². The first-order valence-electron chi connectivity index (χ1n) is 13.1. The molecule has 3 aromatic carbocycles. The van der Waals surface area contributed by atoms with Crippen molar-refractivity contribution in [2.75, 3.05) is 38.7 Å². The van der Waals surface area contributed by atoms with E-state index in [9.17, 15) is 18.7 Å². The lowest BCUT2D eigenvalue weighted by Gasteiger charge is -2.57. The van der Waals surface area contributed by atoms with Crippen LogP contribution in [0.15, 0.2) is 66.7 Å². The highest BCUT2D eigenvalue weighted by Gasteiger charge is 2.49. The SMILES string of the molecule is COc1ccc(NC(=O)N2CCCCN3C(CO)C(c4ccc(C#Cc5ccc(F)c(F)c5)cc4)C3C2)cc1. The van der Waals surface area contributed by atoms with Crippen LogP contribution in [-0.2, 0) is 0 Å². The summed E-state index contributed by atoms with van der Waals surface area (Å²) < 4.78 is 31.8. The van der Waals surface area contributed by atoms with E-state index in [1.165, 1.54) is 6.07 Å². The molecular formula is C31H31F2N3O3. The molecule has 2 heterocycles. The molecule has 2 aliphatic rings. The normalized spacial score (nSPS) is 20.9. The first kappa shape index (κ1) is 26.7. The van der Waals surface area contributed by atoms with Crippen LogP contribution in [-0.4, -0.2) is 66.4 Å². The second-order valence-electron chi connectivity index (χ2n) is 9.89. The monoisotopic (exact) mass is 531 g/mol. The first-order valence-corrected chi connectivity index (χ1v) is 13.1. The van der Waals surface area contributed by atoms with Gasteiger partial charge in [-0.25, -0.2) is 13.6 Å². The standard InChI is InChI=1S/C31H31F2N3O3/c1-39-25-13-11-24(12-14-25)34-31(38)35-16-2-3-17-36-28(19-35)30(29(36)20-37)23-9-6-21(7-10-23)4-5-22-8-15-26(32)27(33)18-22/h6-15,18,28-30,37H,2-3,16-17,19-20H2,1H3,(H,34,38). The van der Waals surface area contributed by atoms with Gasteiger partial charge in [-0.15, -0.1) is 0 Å². The Bertz CT molecular complexity index is 1370. The summed E-state index contributed by atoms with van der Waals surface area (Å²) in [7, 11) is 1.60. The number of aliphatic hydroxyl groups is 1. The molecule has 0 radical (unpaired) electrons. The quantitative estimate of drug-likeness (QED) is 0.474. The third kappa shape index (κ3) is 5.90. The van der Waals surface area contributed by atoms with Crippen LogP contribution in [0.4, 0.5) is 19.3 Å². The molecular weight excluding hydrogens is 500 g/mol. The molecule has 0 aromatic heterocycles. The third-order valence-electron chi connectivity index (χ3n) is 7.56. The van der Waals surface area contributed by atoms with E-state index in [1.54, 1.807) is 7.11 Å². The maximum atomic E-state index is 13.5. The highest BCUT2D eigenvalue weighted by Crippen LogP contribution is 2.42. The Labute approximate surface area is 227 Å². The zero-order chi connectivity index (χ0) is 27.4. The smallest absolute Gasteiger partial charge is 0.321 e. The van der Waals surface area contributed by atoms with Gasteiger partial charge in [-0.3, -0.25) is 4.90 Å². The molecule has 5 rings (SSSR count). The number of aliphatic hydroxyl groups excluding tert-OH is 1. The van der Waals surface area contributed by atoms with Crippen molar-refractivity contribution in [1.29, 1.82) is 0 Å². The van der Waals surface area contributed by atoms with Crippen molar-refractivity contribution in [1.82, 2.24) is 9.80 Å². The number of ether oxygens (including phenoxy) is 1. The van der Waals surface area contributed by atoms with Crippen molar-refractivity contribution in [3.8, 4) is 17.6 Å². The van der Waals surface area contributed by atoms with Crippen LogP contribution >= 0.6 is 0 Å². The number of amides is 2. The first-order chi connectivity index (χ1) is 19.0. The number of nitrogens with one attached hydrogen (secondary N) is 1. The zero-order valence-electron chi connectivity index (χ0n) is 21.7. The van der Waals surface area contributed by atoms with Gasteiger partial charge < -0.3 is 20.1 Å². The molecule has 2 amide bonds. The summed E-state index contributed by atoms with van der Waals surface area (Å²) in [5.41, 5.74) is 2.93. The van der Waals surface area contributed by atoms with Gasteiger partial charge in [0.25, 0.3) is 0 Å². The molecule has 0 bridgehead atoms. The van der Waals surface area contributed by atoms with Crippen LogP contribution in [0, 0.1) is 23.5 Å². The second-order valence-corrected chi connectivity index (χ2v) is 9.89. The number of hydrogen-bond acceptors (Lipinski definition) is 4. The number of benzene rings is 3. The Morgan fingerprint density at radius 1 is 0.974 bits per heavy atom. The van der Waals surface area contributed by atoms with Gasteiger partial charge in [-0.1, -0.05) is 24.0 Å². The molecule has 6 nitrogen and oxygen atoms in total. The highest BCUT2D eigenvalue weighted by molar-refractivity contribution is 5.89. The Balaban J connectivity index is 1.30. The van der Waals surface area contributed by atoms with Crippen molar-refractivity contribution in [2.45, 2.75) is 30.8 Å². The van der Waals surface area contributed by atoms with Crippen LogP contribution in [0.5, 0.6) is 5.75 Å². The molecule has 2 N–H and O–H groups in total. The molecule has 2 saturated heterocycles. The van der Waals surface area contributed by atoms with E-state index < -0.39 is 11.6 Å². The predicted octanol–water partition coefficient (Wildman–Crippen LogP) is 4.83. The fourth-order valence-corrected chi connectivity index (χ4v) is 5.51. The Hall–Kier alpha value is -3.93. The number of methoxy groups -OCH3 is 1. The molecule has 0 aliphatic carbocycles. The Morgan fingerprint density at radius 2 is 1.67 bits per heavy atom. The van der Waals surface area contributed by atoms with E-state index in [1.807, 2.05) is 53.4 Å². The molecule has 202 valence electrons. The van der Waals surface area contributed by atoms with Crippen LogP contribution in [0.3, 0.4) is 0 Å².